The maximum absolute atomic E-state index is 12.0. The minimum Gasteiger partial charge on any atom is -0.385 e. The lowest BCUT2D eigenvalue weighted by molar-refractivity contribution is -0.277. The summed E-state index contributed by atoms with van der Waals surface area (Å²) in [6, 6.07) is 0. The molecule has 0 aromatic rings. The molecule has 19 heavy (non-hydrogen) atoms. The van der Waals surface area contributed by atoms with Gasteiger partial charge in [-0.15, -0.1) is 0 Å². The maximum Gasteiger partial charge on any atom is 0.195 e. The van der Waals surface area contributed by atoms with E-state index in [1.807, 2.05) is 6.92 Å². The van der Waals surface area contributed by atoms with Crippen LogP contribution in [0.15, 0.2) is 11.1 Å². The fraction of sp³-hybridized carbons (Fsp3) is 0.786. The fourth-order valence-corrected chi connectivity index (χ4v) is 3.37. The topological polar surface area (TPSA) is 76.0 Å². The molecule has 4 atom stereocenters. The monoisotopic (exact) mass is 268 g/mol. The normalized spacial score (nSPS) is 46.8. The van der Waals surface area contributed by atoms with Gasteiger partial charge in [-0.1, -0.05) is 0 Å². The number of hydrogen-bond donors (Lipinski definition) is 2. The summed E-state index contributed by atoms with van der Waals surface area (Å²) in [6.07, 6.45) is 2.11. The Morgan fingerprint density at radius 1 is 1.42 bits per heavy atom. The van der Waals surface area contributed by atoms with Crippen molar-refractivity contribution in [1.82, 2.24) is 0 Å². The van der Waals surface area contributed by atoms with Gasteiger partial charge < -0.3 is 19.7 Å². The number of rotatable bonds is 0. The van der Waals surface area contributed by atoms with Gasteiger partial charge in [0, 0.05) is 18.4 Å². The van der Waals surface area contributed by atoms with E-state index in [0.29, 0.717) is 17.6 Å². The molecule has 1 aliphatic carbocycles. The Morgan fingerprint density at radius 2 is 2.16 bits per heavy atom. The zero-order valence-corrected chi connectivity index (χ0v) is 11.3. The quantitative estimate of drug-likeness (QED) is 0.676. The molecule has 2 N–H and O–H groups in total. The lowest BCUT2D eigenvalue weighted by Gasteiger charge is -2.43. The van der Waals surface area contributed by atoms with Crippen LogP contribution >= 0.6 is 0 Å². The second kappa shape index (κ2) is 4.12. The van der Waals surface area contributed by atoms with E-state index >= 15 is 0 Å². The minimum atomic E-state index is -1.72. The number of Topliss-reactive ketones (excluding diaryl/α,β-unsaturated/α-hetero) is 1. The first-order chi connectivity index (χ1) is 8.86. The molecule has 1 saturated heterocycles. The van der Waals surface area contributed by atoms with Gasteiger partial charge in [-0.3, -0.25) is 4.79 Å². The summed E-state index contributed by atoms with van der Waals surface area (Å²) in [6.45, 7) is 3.48. The zero-order chi connectivity index (χ0) is 13.8. The third-order valence-corrected chi connectivity index (χ3v) is 4.51. The van der Waals surface area contributed by atoms with Crippen LogP contribution in [0.1, 0.15) is 39.5 Å². The van der Waals surface area contributed by atoms with Crippen molar-refractivity contribution in [2.75, 3.05) is 6.61 Å². The SMILES string of the molecule is C[C@H]1CCC[C@@]2(CC3=C(CO2)C(=O)[C@](C)(O)[C@@H]3O)O1. The molecule has 3 rings (SSSR count). The van der Waals surface area contributed by atoms with E-state index < -0.39 is 23.3 Å². The van der Waals surface area contributed by atoms with Crippen LogP contribution in [0.2, 0.25) is 0 Å². The molecule has 0 aromatic carbocycles. The highest BCUT2D eigenvalue weighted by Crippen LogP contribution is 2.45. The van der Waals surface area contributed by atoms with Crippen LogP contribution in [-0.4, -0.2) is 46.2 Å². The molecule has 2 aliphatic heterocycles. The number of aliphatic hydroxyl groups excluding tert-OH is 1. The van der Waals surface area contributed by atoms with Crippen LogP contribution < -0.4 is 0 Å². The Morgan fingerprint density at radius 3 is 2.84 bits per heavy atom. The second-order valence-corrected chi connectivity index (χ2v) is 6.08. The summed E-state index contributed by atoms with van der Waals surface area (Å²) < 4.78 is 11.7. The average molecular weight is 268 g/mol. The molecule has 0 unspecified atom stereocenters. The zero-order valence-electron chi connectivity index (χ0n) is 11.3. The van der Waals surface area contributed by atoms with Crippen molar-refractivity contribution < 1.29 is 24.5 Å². The van der Waals surface area contributed by atoms with Crippen LogP contribution in [0.25, 0.3) is 0 Å². The number of ether oxygens (including phenoxy) is 2. The smallest absolute Gasteiger partial charge is 0.195 e. The molecular weight excluding hydrogens is 248 g/mol. The predicted molar refractivity (Wildman–Crippen MR) is 66.4 cm³/mol. The van der Waals surface area contributed by atoms with Crippen molar-refractivity contribution in [3.63, 3.8) is 0 Å². The summed E-state index contributed by atoms with van der Waals surface area (Å²) in [5, 5.41) is 20.2. The Labute approximate surface area is 112 Å². The van der Waals surface area contributed by atoms with Crippen LogP contribution in [0, 0.1) is 0 Å². The van der Waals surface area contributed by atoms with Gasteiger partial charge >= 0.3 is 0 Å². The molecule has 0 bridgehead atoms. The maximum atomic E-state index is 12.0. The Kier molecular flexibility index (Phi) is 2.87. The van der Waals surface area contributed by atoms with Gasteiger partial charge in [0.2, 0.25) is 0 Å². The number of ketones is 1. The summed E-state index contributed by atoms with van der Waals surface area (Å²) in [5.74, 6) is -1.15. The molecule has 0 aromatic heterocycles. The van der Waals surface area contributed by atoms with E-state index in [9.17, 15) is 15.0 Å². The molecule has 0 radical (unpaired) electrons. The van der Waals surface area contributed by atoms with Crippen LogP contribution in [0.3, 0.4) is 0 Å². The molecule has 5 nitrogen and oxygen atoms in total. The minimum absolute atomic E-state index is 0.116. The molecule has 106 valence electrons. The number of aliphatic hydroxyl groups is 2. The third kappa shape index (κ3) is 1.88. The van der Waals surface area contributed by atoms with E-state index in [1.54, 1.807) is 0 Å². The molecule has 5 heteroatoms. The van der Waals surface area contributed by atoms with E-state index in [4.69, 9.17) is 9.47 Å². The number of hydrogen-bond acceptors (Lipinski definition) is 5. The molecule has 1 spiro atoms. The van der Waals surface area contributed by atoms with Crippen LogP contribution in [0.5, 0.6) is 0 Å². The van der Waals surface area contributed by atoms with Crippen molar-refractivity contribution in [2.45, 2.75) is 63.1 Å². The third-order valence-electron chi connectivity index (χ3n) is 4.51. The molecule has 0 saturated carbocycles. The van der Waals surface area contributed by atoms with Gasteiger partial charge in [0.25, 0.3) is 0 Å². The van der Waals surface area contributed by atoms with Crippen molar-refractivity contribution in [3.8, 4) is 0 Å². The molecule has 0 amide bonds. The second-order valence-electron chi connectivity index (χ2n) is 6.08. The lowest BCUT2D eigenvalue weighted by Crippen LogP contribution is -2.46. The average Bonchev–Trinajstić information content (AvgIpc) is 2.51. The Hall–Kier alpha value is -0.750. The summed E-state index contributed by atoms with van der Waals surface area (Å²) in [5.41, 5.74) is -0.708. The molecule has 3 aliphatic rings. The first kappa shape index (κ1) is 13.2. The fourth-order valence-electron chi connectivity index (χ4n) is 3.37. The summed E-state index contributed by atoms with van der Waals surface area (Å²) in [4.78, 5) is 12.0. The standard InChI is InChI=1S/C14H20O5/c1-8-4-3-5-14(19-8)6-9-10(7-18-14)12(16)13(2,17)11(9)15/h8,11,15,17H,3-7H2,1-2H3/t8-,11+,13+,14-/m0/s1. The van der Waals surface area contributed by atoms with Crippen molar-refractivity contribution in [1.29, 1.82) is 0 Å². The number of carbonyl (C=O) groups excluding carboxylic acids is 1. The van der Waals surface area contributed by atoms with Crippen molar-refractivity contribution in [2.24, 2.45) is 0 Å². The van der Waals surface area contributed by atoms with Gasteiger partial charge in [0.1, 0.15) is 6.10 Å². The first-order valence-corrected chi connectivity index (χ1v) is 6.85. The van der Waals surface area contributed by atoms with E-state index in [2.05, 4.69) is 0 Å². The highest BCUT2D eigenvalue weighted by Gasteiger charge is 2.54. The van der Waals surface area contributed by atoms with E-state index in [-0.39, 0.29) is 12.7 Å². The molecular formula is C14H20O5. The van der Waals surface area contributed by atoms with Gasteiger partial charge in [-0.05, 0) is 32.3 Å². The Balaban J connectivity index is 1.89. The van der Waals surface area contributed by atoms with Crippen LogP contribution in [-0.2, 0) is 14.3 Å². The van der Waals surface area contributed by atoms with Gasteiger partial charge in [0.15, 0.2) is 17.2 Å². The summed E-state index contributed by atoms with van der Waals surface area (Å²) >= 11 is 0. The van der Waals surface area contributed by atoms with E-state index in [1.165, 1.54) is 6.92 Å². The lowest BCUT2D eigenvalue weighted by atomic mass is 9.90. The highest BCUT2D eigenvalue weighted by atomic mass is 16.7. The van der Waals surface area contributed by atoms with Crippen molar-refractivity contribution in [3.05, 3.63) is 11.1 Å². The van der Waals surface area contributed by atoms with Crippen LogP contribution in [0.4, 0.5) is 0 Å². The predicted octanol–water partition coefficient (Wildman–Crippen LogP) is 0.683. The number of carbonyl (C=O) groups is 1. The van der Waals surface area contributed by atoms with Gasteiger partial charge in [0.05, 0.1) is 12.7 Å². The van der Waals surface area contributed by atoms with E-state index in [0.717, 1.165) is 19.3 Å². The highest BCUT2D eigenvalue weighted by molar-refractivity contribution is 6.06. The molecule has 1 fully saturated rings. The Bertz CT molecular complexity index is 453. The largest absolute Gasteiger partial charge is 0.385 e. The van der Waals surface area contributed by atoms with Gasteiger partial charge in [-0.2, -0.15) is 0 Å². The van der Waals surface area contributed by atoms with Crippen molar-refractivity contribution >= 4 is 5.78 Å². The molecule has 2 heterocycles. The summed E-state index contributed by atoms with van der Waals surface area (Å²) in [7, 11) is 0. The first-order valence-electron chi connectivity index (χ1n) is 6.85. The van der Waals surface area contributed by atoms with Gasteiger partial charge in [-0.25, -0.2) is 0 Å².